The van der Waals surface area contributed by atoms with Crippen molar-refractivity contribution in [2.24, 2.45) is 0 Å². The molecule has 0 bridgehead atoms. The lowest BCUT2D eigenvalue weighted by Crippen LogP contribution is -2.24. The average Bonchev–Trinajstić information content (AvgIpc) is 2.17. The topological polar surface area (TPSA) is 30.5 Å². The molecule has 0 fully saturated rings. The van der Waals surface area contributed by atoms with Crippen LogP contribution in [0.5, 0.6) is 0 Å². The van der Waals surface area contributed by atoms with E-state index >= 15 is 0 Å². The third-order valence-electron chi connectivity index (χ3n) is 1.63. The second-order valence-electron chi connectivity index (χ2n) is 2.57. The smallest absolute Gasteiger partial charge is 0.237 e. The zero-order chi connectivity index (χ0) is 10.6. The largest absolute Gasteiger partial charge is 0.339 e. The van der Waals surface area contributed by atoms with Crippen LogP contribution in [0.3, 0.4) is 0 Å². The molecular formula is C9H11F2NO2. The third-order valence-corrected chi connectivity index (χ3v) is 1.63. The monoisotopic (exact) mass is 203 g/mol. The normalized spacial score (nSPS) is 10.6. The Kier molecular flexibility index (Phi) is 3.79. The zero-order valence-electron chi connectivity index (χ0n) is 7.88. The molecule has 0 amide bonds. The molecule has 1 aromatic rings. The quantitative estimate of drug-likeness (QED) is 0.759. The first-order valence-corrected chi connectivity index (χ1v) is 3.94. The fourth-order valence-corrected chi connectivity index (χ4v) is 0.948. The number of nitrogens with one attached hydrogen (secondary N) is 1. The fraction of sp³-hybridized carbons (Fsp3) is 0.333. The predicted molar refractivity (Wildman–Crippen MR) is 47.8 cm³/mol. The summed E-state index contributed by atoms with van der Waals surface area (Å²) in [6, 6.07) is 3.20. The van der Waals surface area contributed by atoms with Gasteiger partial charge in [0.05, 0.1) is 5.69 Å². The van der Waals surface area contributed by atoms with E-state index < -0.39 is 18.0 Å². The van der Waals surface area contributed by atoms with E-state index in [1.807, 2.05) is 0 Å². The first-order valence-electron chi connectivity index (χ1n) is 3.94. The van der Waals surface area contributed by atoms with Gasteiger partial charge in [-0.05, 0) is 12.1 Å². The van der Waals surface area contributed by atoms with Crippen molar-refractivity contribution in [3.05, 3.63) is 29.8 Å². The second-order valence-corrected chi connectivity index (χ2v) is 2.57. The van der Waals surface area contributed by atoms with Gasteiger partial charge in [0, 0.05) is 20.3 Å². The summed E-state index contributed by atoms with van der Waals surface area (Å²) in [4.78, 5) is 0. The molecule has 5 heteroatoms. The standard InChI is InChI=1S/C9H11F2NO2/c1-13-9(14-2)12-8-4-3-6(10)5-7(8)11/h3-5,9,12H,1-2H3. The Morgan fingerprint density at radius 2 is 1.86 bits per heavy atom. The minimum Gasteiger partial charge on any atom is -0.339 e. The molecule has 0 aliphatic carbocycles. The number of ether oxygens (including phenoxy) is 2. The molecule has 0 saturated carbocycles. The van der Waals surface area contributed by atoms with Gasteiger partial charge in [-0.3, -0.25) is 0 Å². The lowest BCUT2D eigenvalue weighted by atomic mass is 10.3. The highest BCUT2D eigenvalue weighted by atomic mass is 19.1. The Labute approximate surface area is 80.6 Å². The molecule has 0 spiro atoms. The number of benzene rings is 1. The van der Waals surface area contributed by atoms with Crippen molar-refractivity contribution in [1.29, 1.82) is 0 Å². The van der Waals surface area contributed by atoms with Crippen molar-refractivity contribution in [2.45, 2.75) is 6.41 Å². The van der Waals surface area contributed by atoms with Crippen LogP contribution in [0, 0.1) is 11.6 Å². The summed E-state index contributed by atoms with van der Waals surface area (Å²) in [5.41, 5.74) is 0.125. The van der Waals surface area contributed by atoms with E-state index in [-0.39, 0.29) is 5.69 Å². The highest BCUT2D eigenvalue weighted by Gasteiger charge is 2.08. The number of methoxy groups -OCH3 is 2. The molecule has 0 radical (unpaired) electrons. The predicted octanol–water partition coefficient (Wildman–Crippen LogP) is 1.95. The Hall–Kier alpha value is -1.20. The molecule has 0 aromatic heterocycles. The van der Waals surface area contributed by atoms with Crippen LogP contribution in [0.4, 0.5) is 14.5 Å². The maximum absolute atomic E-state index is 13.1. The van der Waals surface area contributed by atoms with Gasteiger partial charge in [0.15, 0.2) is 0 Å². The van der Waals surface area contributed by atoms with Crippen molar-refractivity contribution in [2.75, 3.05) is 19.5 Å². The first-order chi connectivity index (χ1) is 6.67. The molecule has 0 aliphatic heterocycles. The molecule has 0 heterocycles. The van der Waals surface area contributed by atoms with Gasteiger partial charge in [-0.15, -0.1) is 0 Å². The lowest BCUT2D eigenvalue weighted by Gasteiger charge is -2.16. The molecule has 1 aromatic carbocycles. The van der Waals surface area contributed by atoms with Gasteiger partial charge >= 0.3 is 0 Å². The summed E-state index contributed by atoms with van der Waals surface area (Å²) in [7, 11) is 2.81. The third kappa shape index (κ3) is 2.65. The fourth-order valence-electron chi connectivity index (χ4n) is 0.948. The van der Waals surface area contributed by atoms with Gasteiger partial charge in [0.2, 0.25) is 6.41 Å². The molecule has 14 heavy (non-hydrogen) atoms. The second kappa shape index (κ2) is 4.88. The van der Waals surface area contributed by atoms with Crippen LogP contribution >= 0.6 is 0 Å². The summed E-state index contributed by atoms with van der Waals surface area (Å²) in [6.07, 6.45) is -0.755. The minimum atomic E-state index is -0.755. The van der Waals surface area contributed by atoms with Crippen LogP contribution in [0.1, 0.15) is 0 Å². The van der Waals surface area contributed by atoms with E-state index in [2.05, 4.69) is 5.32 Å². The number of halogens is 2. The lowest BCUT2D eigenvalue weighted by molar-refractivity contribution is -0.0810. The first kappa shape index (κ1) is 10.9. The number of anilines is 1. The van der Waals surface area contributed by atoms with Crippen LogP contribution in [0.2, 0.25) is 0 Å². The van der Waals surface area contributed by atoms with Crippen LogP contribution < -0.4 is 5.32 Å². The van der Waals surface area contributed by atoms with Crippen molar-refractivity contribution >= 4 is 5.69 Å². The van der Waals surface area contributed by atoms with Crippen molar-refractivity contribution in [3.63, 3.8) is 0 Å². The summed E-state index contributed by atoms with van der Waals surface area (Å²) in [6.45, 7) is 0. The molecule has 78 valence electrons. The molecule has 0 aliphatic rings. The van der Waals surface area contributed by atoms with Gasteiger partial charge in [-0.1, -0.05) is 0 Å². The molecule has 0 atom stereocenters. The maximum atomic E-state index is 13.1. The average molecular weight is 203 g/mol. The van der Waals surface area contributed by atoms with Crippen molar-refractivity contribution in [1.82, 2.24) is 0 Å². The van der Waals surface area contributed by atoms with Crippen molar-refractivity contribution in [3.8, 4) is 0 Å². The van der Waals surface area contributed by atoms with Crippen LogP contribution in [0.25, 0.3) is 0 Å². The SMILES string of the molecule is COC(Nc1ccc(F)cc1F)OC. The Morgan fingerprint density at radius 1 is 1.21 bits per heavy atom. The van der Waals surface area contributed by atoms with Gasteiger partial charge in [-0.2, -0.15) is 0 Å². The summed E-state index contributed by atoms with van der Waals surface area (Å²) in [5.74, 6) is -1.32. The summed E-state index contributed by atoms with van der Waals surface area (Å²) < 4.78 is 35.2. The number of hydrogen-bond acceptors (Lipinski definition) is 3. The van der Waals surface area contributed by atoms with Crippen LogP contribution in [-0.2, 0) is 9.47 Å². The Balaban J connectivity index is 2.76. The maximum Gasteiger partial charge on any atom is 0.237 e. The van der Waals surface area contributed by atoms with Crippen LogP contribution in [-0.4, -0.2) is 20.6 Å². The van der Waals surface area contributed by atoms with Crippen LogP contribution in [0.15, 0.2) is 18.2 Å². The Bertz CT molecular complexity index is 303. The molecule has 3 nitrogen and oxygen atoms in total. The van der Waals surface area contributed by atoms with E-state index in [4.69, 9.17) is 9.47 Å². The number of hydrogen-bond donors (Lipinski definition) is 1. The minimum absolute atomic E-state index is 0.125. The number of rotatable bonds is 4. The summed E-state index contributed by atoms with van der Waals surface area (Å²) in [5, 5.41) is 2.59. The van der Waals surface area contributed by atoms with E-state index in [1.165, 1.54) is 20.3 Å². The molecule has 0 unspecified atom stereocenters. The van der Waals surface area contributed by atoms with Gasteiger partial charge < -0.3 is 14.8 Å². The van der Waals surface area contributed by atoms with Crippen molar-refractivity contribution < 1.29 is 18.3 Å². The Morgan fingerprint density at radius 3 is 2.36 bits per heavy atom. The molecule has 1 N–H and O–H groups in total. The highest BCUT2D eigenvalue weighted by Crippen LogP contribution is 2.15. The molecular weight excluding hydrogens is 192 g/mol. The van der Waals surface area contributed by atoms with Gasteiger partial charge in [0.1, 0.15) is 11.6 Å². The van der Waals surface area contributed by atoms with E-state index in [0.717, 1.165) is 12.1 Å². The van der Waals surface area contributed by atoms with E-state index in [0.29, 0.717) is 0 Å². The summed E-state index contributed by atoms with van der Waals surface area (Å²) >= 11 is 0. The van der Waals surface area contributed by atoms with E-state index in [1.54, 1.807) is 0 Å². The molecule has 0 saturated heterocycles. The van der Waals surface area contributed by atoms with E-state index in [9.17, 15) is 8.78 Å². The van der Waals surface area contributed by atoms with Gasteiger partial charge in [0.25, 0.3) is 0 Å². The van der Waals surface area contributed by atoms with Gasteiger partial charge in [-0.25, -0.2) is 8.78 Å². The highest BCUT2D eigenvalue weighted by molar-refractivity contribution is 5.44. The zero-order valence-corrected chi connectivity index (χ0v) is 7.88. The molecule has 1 rings (SSSR count).